The molecule has 2 amide bonds. The molecule has 0 radical (unpaired) electrons. The predicted octanol–water partition coefficient (Wildman–Crippen LogP) is 2.12. The number of para-hydroxylation sites is 2. The molecule has 0 spiro atoms. The maximum Gasteiger partial charge on any atom is 0.292 e. The summed E-state index contributed by atoms with van der Waals surface area (Å²) in [5, 5.41) is 15.7. The Morgan fingerprint density at radius 1 is 1.15 bits per heavy atom. The van der Waals surface area contributed by atoms with Crippen LogP contribution in [0.5, 0.6) is 0 Å². The Morgan fingerprint density at radius 3 is 2.48 bits per heavy atom. The van der Waals surface area contributed by atoms with Crippen LogP contribution in [0.25, 0.3) is 0 Å². The molecule has 1 aliphatic rings. The van der Waals surface area contributed by atoms with Crippen LogP contribution in [-0.4, -0.2) is 53.9 Å². The molecule has 1 fully saturated rings. The molecule has 142 valence electrons. The first-order valence-electron chi connectivity index (χ1n) is 8.59. The fourth-order valence-corrected chi connectivity index (χ4v) is 3.69. The number of nitro groups is 1. The van der Waals surface area contributed by atoms with E-state index in [4.69, 9.17) is 0 Å². The quantitative estimate of drug-likeness (QED) is 0.625. The Balaban J connectivity index is 1.58. The number of nitrogens with zero attached hydrogens (tertiary/aromatic N) is 3. The molecule has 9 heteroatoms. The molecule has 0 bridgehead atoms. The van der Waals surface area contributed by atoms with Crippen LogP contribution >= 0.6 is 11.3 Å². The smallest absolute Gasteiger partial charge is 0.292 e. The van der Waals surface area contributed by atoms with Crippen molar-refractivity contribution in [2.75, 3.05) is 31.1 Å². The third-order valence-corrected chi connectivity index (χ3v) is 5.34. The summed E-state index contributed by atoms with van der Waals surface area (Å²) in [6.45, 7) is 3.57. The first kappa shape index (κ1) is 18.8. The van der Waals surface area contributed by atoms with Gasteiger partial charge in [0, 0.05) is 32.2 Å². The number of carbonyl (C=O) groups excluding carboxylic acids is 2. The molecule has 1 aromatic carbocycles. The SMILES string of the molecule is CC(NC(=O)c1cccs1)C(=O)N1CCN(c2ccccc2[N+](=O)[O-])CC1. The molecule has 1 N–H and O–H groups in total. The molecule has 1 saturated heterocycles. The number of amides is 2. The first-order chi connectivity index (χ1) is 13.0. The second-order valence-corrected chi connectivity index (χ2v) is 7.18. The molecule has 1 aliphatic heterocycles. The van der Waals surface area contributed by atoms with E-state index in [1.54, 1.807) is 42.2 Å². The van der Waals surface area contributed by atoms with Gasteiger partial charge in [0.15, 0.2) is 0 Å². The minimum atomic E-state index is -0.628. The molecular weight excluding hydrogens is 368 g/mol. The maximum absolute atomic E-state index is 12.6. The summed E-state index contributed by atoms with van der Waals surface area (Å²) in [5.41, 5.74) is 0.627. The molecule has 0 saturated carbocycles. The average Bonchev–Trinajstić information content (AvgIpc) is 3.22. The molecule has 3 rings (SSSR count). The fraction of sp³-hybridized carbons (Fsp3) is 0.333. The summed E-state index contributed by atoms with van der Waals surface area (Å²) in [6.07, 6.45) is 0. The summed E-state index contributed by atoms with van der Waals surface area (Å²) in [7, 11) is 0. The van der Waals surface area contributed by atoms with Gasteiger partial charge >= 0.3 is 0 Å². The van der Waals surface area contributed by atoms with Crippen LogP contribution in [0.1, 0.15) is 16.6 Å². The number of anilines is 1. The number of hydrogen-bond donors (Lipinski definition) is 1. The van der Waals surface area contributed by atoms with E-state index in [9.17, 15) is 19.7 Å². The van der Waals surface area contributed by atoms with Gasteiger partial charge in [-0.2, -0.15) is 0 Å². The second-order valence-electron chi connectivity index (χ2n) is 6.23. The van der Waals surface area contributed by atoms with E-state index in [1.165, 1.54) is 17.4 Å². The van der Waals surface area contributed by atoms with Crippen molar-refractivity contribution in [3.05, 3.63) is 56.8 Å². The van der Waals surface area contributed by atoms with Gasteiger partial charge in [0.05, 0.1) is 9.80 Å². The Hall–Kier alpha value is -2.94. The summed E-state index contributed by atoms with van der Waals surface area (Å²) >= 11 is 1.32. The third kappa shape index (κ3) is 4.25. The third-order valence-electron chi connectivity index (χ3n) is 4.47. The first-order valence-corrected chi connectivity index (χ1v) is 9.47. The lowest BCUT2D eigenvalue weighted by Gasteiger charge is -2.36. The highest BCUT2D eigenvalue weighted by molar-refractivity contribution is 7.12. The average molecular weight is 388 g/mol. The highest BCUT2D eigenvalue weighted by Gasteiger charge is 2.28. The molecule has 2 heterocycles. The van der Waals surface area contributed by atoms with Crippen LogP contribution < -0.4 is 10.2 Å². The van der Waals surface area contributed by atoms with Crippen LogP contribution in [0.2, 0.25) is 0 Å². The number of carbonyl (C=O) groups is 2. The van der Waals surface area contributed by atoms with E-state index in [-0.39, 0.29) is 17.5 Å². The number of hydrogen-bond acceptors (Lipinski definition) is 6. The fourth-order valence-electron chi connectivity index (χ4n) is 3.06. The van der Waals surface area contributed by atoms with Gasteiger partial charge < -0.3 is 15.1 Å². The van der Waals surface area contributed by atoms with Crippen molar-refractivity contribution in [1.82, 2.24) is 10.2 Å². The number of thiophene rings is 1. The van der Waals surface area contributed by atoms with E-state index in [0.29, 0.717) is 36.7 Å². The highest BCUT2D eigenvalue weighted by atomic mass is 32.1. The zero-order valence-electron chi connectivity index (χ0n) is 14.8. The lowest BCUT2D eigenvalue weighted by molar-refractivity contribution is -0.384. The van der Waals surface area contributed by atoms with Crippen molar-refractivity contribution in [2.24, 2.45) is 0 Å². The summed E-state index contributed by atoms with van der Waals surface area (Å²) < 4.78 is 0. The van der Waals surface area contributed by atoms with Crippen molar-refractivity contribution in [2.45, 2.75) is 13.0 Å². The number of piperazine rings is 1. The number of nitro benzene ring substituents is 1. The lowest BCUT2D eigenvalue weighted by Crippen LogP contribution is -2.54. The van der Waals surface area contributed by atoms with E-state index >= 15 is 0 Å². The second kappa shape index (κ2) is 8.17. The highest BCUT2D eigenvalue weighted by Crippen LogP contribution is 2.28. The van der Waals surface area contributed by atoms with Crippen molar-refractivity contribution in [1.29, 1.82) is 0 Å². The van der Waals surface area contributed by atoms with Gasteiger partial charge in [0.25, 0.3) is 11.6 Å². The summed E-state index contributed by atoms with van der Waals surface area (Å²) in [5.74, 6) is -0.411. The summed E-state index contributed by atoms with van der Waals surface area (Å²) in [6, 6.07) is 9.48. The van der Waals surface area contributed by atoms with Crippen LogP contribution in [0.3, 0.4) is 0 Å². The number of nitrogens with one attached hydrogen (secondary N) is 1. The standard InChI is InChI=1S/C18H20N4O4S/c1-13(19-17(23)16-7-4-12-27-16)18(24)21-10-8-20(9-11-21)14-5-2-3-6-15(14)22(25)26/h2-7,12-13H,8-11H2,1H3,(H,19,23). The van der Waals surface area contributed by atoms with Crippen LogP contribution in [0.15, 0.2) is 41.8 Å². The summed E-state index contributed by atoms with van der Waals surface area (Å²) in [4.78, 5) is 39.7. The van der Waals surface area contributed by atoms with E-state index in [2.05, 4.69) is 5.32 Å². The molecular formula is C18H20N4O4S. The minimum absolute atomic E-state index is 0.0638. The molecule has 1 atom stereocenters. The normalized spacial score (nSPS) is 15.3. The molecule has 1 unspecified atom stereocenters. The minimum Gasteiger partial charge on any atom is -0.362 e. The number of rotatable bonds is 5. The van der Waals surface area contributed by atoms with Crippen molar-refractivity contribution in [3.8, 4) is 0 Å². The molecule has 2 aromatic rings. The van der Waals surface area contributed by atoms with Crippen LogP contribution in [0, 0.1) is 10.1 Å². The Labute approximate surface area is 160 Å². The van der Waals surface area contributed by atoms with Crippen molar-refractivity contribution < 1.29 is 14.5 Å². The Morgan fingerprint density at radius 2 is 1.85 bits per heavy atom. The molecule has 27 heavy (non-hydrogen) atoms. The van der Waals surface area contributed by atoms with Gasteiger partial charge in [-0.05, 0) is 24.4 Å². The lowest BCUT2D eigenvalue weighted by atomic mass is 10.2. The van der Waals surface area contributed by atoms with Gasteiger partial charge in [-0.25, -0.2) is 0 Å². The predicted molar refractivity (Wildman–Crippen MR) is 103 cm³/mol. The number of benzene rings is 1. The maximum atomic E-state index is 12.6. The Kier molecular flexibility index (Phi) is 5.70. The van der Waals surface area contributed by atoms with Crippen LogP contribution in [-0.2, 0) is 4.79 Å². The van der Waals surface area contributed by atoms with Gasteiger partial charge in [-0.1, -0.05) is 18.2 Å². The zero-order valence-corrected chi connectivity index (χ0v) is 15.6. The van der Waals surface area contributed by atoms with Crippen molar-refractivity contribution in [3.63, 3.8) is 0 Å². The molecule has 8 nitrogen and oxygen atoms in total. The van der Waals surface area contributed by atoms with Gasteiger partial charge in [0.2, 0.25) is 5.91 Å². The topological polar surface area (TPSA) is 95.8 Å². The molecule has 0 aliphatic carbocycles. The molecule has 1 aromatic heterocycles. The van der Waals surface area contributed by atoms with Gasteiger partial charge in [0.1, 0.15) is 11.7 Å². The van der Waals surface area contributed by atoms with Crippen molar-refractivity contribution >= 4 is 34.5 Å². The Bertz CT molecular complexity index is 832. The van der Waals surface area contributed by atoms with E-state index in [1.807, 2.05) is 10.3 Å². The largest absolute Gasteiger partial charge is 0.362 e. The zero-order chi connectivity index (χ0) is 19.4. The van der Waals surface area contributed by atoms with Gasteiger partial charge in [-0.3, -0.25) is 19.7 Å². The van der Waals surface area contributed by atoms with Crippen LogP contribution in [0.4, 0.5) is 11.4 Å². The monoisotopic (exact) mass is 388 g/mol. The van der Waals surface area contributed by atoms with E-state index < -0.39 is 11.0 Å². The van der Waals surface area contributed by atoms with E-state index in [0.717, 1.165) is 0 Å². The van der Waals surface area contributed by atoms with Gasteiger partial charge in [-0.15, -0.1) is 11.3 Å².